The van der Waals surface area contributed by atoms with Crippen molar-refractivity contribution < 1.29 is 18.3 Å². The third kappa shape index (κ3) is 3.03. The highest BCUT2D eigenvalue weighted by molar-refractivity contribution is 6.17. The molecule has 0 aliphatic heterocycles. The number of H-pyrrole nitrogens is 1. The van der Waals surface area contributed by atoms with Gasteiger partial charge < -0.3 is 9.72 Å². The quantitative estimate of drug-likeness (QED) is 0.667. The Kier molecular flexibility index (Phi) is 4.62. The maximum Gasteiger partial charge on any atom is 0.310 e. The Hall–Kier alpha value is -1.43. The van der Waals surface area contributed by atoms with E-state index in [4.69, 9.17) is 11.6 Å². The fourth-order valence-electron chi connectivity index (χ4n) is 1.33. The lowest BCUT2D eigenvalue weighted by Crippen LogP contribution is -2.21. The highest BCUT2D eigenvalue weighted by Crippen LogP contribution is 2.19. The number of nitrogens with one attached hydrogen (secondary N) is 1. The SMILES string of the molecule is COC(=O)Cc1c[nH]c(CCl)c(C(F)F)c1=O. The molecule has 0 spiro atoms. The highest BCUT2D eigenvalue weighted by atomic mass is 35.5. The van der Waals surface area contributed by atoms with Crippen molar-refractivity contribution >= 4 is 17.6 Å². The largest absolute Gasteiger partial charge is 0.469 e. The molecule has 0 aliphatic rings. The molecule has 0 fully saturated rings. The minimum Gasteiger partial charge on any atom is -0.469 e. The van der Waals surface area contributed by atoms with Crippen molar-refractivity contribution in [1.29, 1.82) is 0 Å². The third-order valence-corrected chi connectivity index (χ3v) is 2.46. The van der Waals surface area contributed by atoms with Gasteiger partial charge >= 0.3 is 5.97 Å². The average Bonchev–Trinajstić information content (AvgIpc) is 2.30. The molecule has 0 atom stereocenters. The first-order chi connectivity index (χ1) is 8.01. The van der Waals surface area contributed by atoms with Crippen LogP contribution in [0.25, 0.3) is 0 Å². The van der Waals surface area contributed by atoms with Crippen LogP contribution in [0, 0.1) is 0 Å². The summed E-state index contributed by atoms with van der Waals surface area (Å²) in [5.41, 5.74) is -1.68. The summed E-state index contributed by atoms with van der Waals surface area (Å²) in [6, 6.07) is 0. The smallest absolute Gasteiger partial charge is 0.310 e. The van der Waals surface area contributed by atoms with E-state index in [0.717, 1.165) is 7.11 Å². The lowest BCUT2D eigenvalue weighted by Gasteiger charge is -2.07. The maximum absolute atomic E-state index is 12.7. The Labute approximate surface area is 101 Å². The Balaban J connectivity index is 3.24. The van der Waals surface area contributed by atoms with E-state index in [2.05, 4.69) is 9.72 Å². The molecule has 0 aromatic carbocycles. The van der Waals surface area contributed by atoms with Crippen LogP contribution in [0.2, 0.25) is 0 Å². The van der Waals surface area contributed by atoms with E-state index in [1.165, 1.54) is 6.20 Å². The van der Waals surface area contributed by atoms with Crippen LogP contribution in [0.5, 0.6) is 0 Å². The third-order valence-electron chi connectivity index (χ3n) is 2.20. The van der Waals surface area contributed by atoms with Crippen molar-refractivity contribution in [2.24, 2.45) is 0 Å². The summed E-state index contributed by atoms with van der Waals surface area (Å²) in [6.45, 7) is 0. The maximum atomic E-state index is 12.7. The van der Waals surface area contributed by atoms with Crippen LogP contribution in [0.15, 0.2) is 11.0 Å². The Morgan fingerprint density at radius 1 is 1.59 bits per heavy atom. The second kappa shape index (κ2) is 5.77. The molecule has 7 heteroatoms. The number of hydrogen-bond donors (Lipinski definition) is 1. The van der Waals surface area contributed by atoms with Crippen LogP contribution in [0.4, 0.5) is 8.78 Å². The van der Waals surface area contributed by atoms with E-state index in [0.29, 0.717) is 0 Å². The minimum atomic E-state index is -2.94. The van der Waals surface area contributed by atoms with Gasteiger partial charge in [-0.1, -0.05) is 0 Å². The predicted octanol–water partition coefficient (Wildman–Crippen LogP) is 1.77. The number of alkyl halides is 3. The number of hydrogen-bond acceptors (Lipinski definition) is 3. The summed E-state index contributed by atoms with van der Waals surface area (Å²) in [6.07, 6.45) is -2.10. The van der Waals surface area contributed by atoms with Crippen molar-refractivity contribution in [3.8, 4) is 0 Å². The molecule has 0 radical (unpaired) electrons. The van der Waals surface area contributed by atoms with Gasteiger partial charge in [0.1, 0.15) is 0 Å². The number of rotatable bonds is 4. The van der Waals surface area contributed by atoms with Crippen LogP contribution in [-0.2, 0) is 21.8 Å². The van der Waals surface area contributed by atoms with Gasteiger partial charge in [0.25, 0.3) is 6.43 Å². The van der Waals surface area contributed by atoms with Gasteiger partial charge in [0.15, 0.2) is 5.43 Å². The molecule has 1 heterocycles. The summed E-state index contributed by atoms with van der Waals surface area (Å²) >= 11 is 5.44. The Morgan fingerprint density at radius 2 is 2.24 bits per heavy atom. The van der Waals surface area contributed by atoms with Crippen LogP contribution in [0.3, 0.4) is 0 Å². The molecular weight excluding hydrogens is 256 g/mol. The van der Waals surface area contributed by atoms with Gasteiger partial charge in [-0.3, -0.25) is 9.59 Å². The molecule has 0 saturated carbocycles. The van der Waals surface area contributed by atoms with E-state index in [1.807, 2.05) is 0 Å². The standard InChI is InChI=1S/C10H10ClF2NO3/c1-17-7(15)2-5-4-14-6(3-11)8(9(5)16)10(12)13/h4,10H,2-3H2,1H3,(H,14,16). The molecule has 1 rings (SSSR count). The van der Waals surface area contributed by atoms with E-state index in [1.54, 1.807) is 0 Å². The number of aromatic amines is 1. The summed E-state index contributed by atoms with van der Waals surface area (Å²) in [5, 5.41) is 0. The monoisotopic (exact) mass is 265 g/mol. The van der Waals surface area contributed by atoms with E-state index in [-0.39, 0.29) is 23.6 Å². The zero-order valence-corrected chi connectivity index (χ0v) is 9.68. The van der Waals surface area contributed by atoms with Crippen LogP contribution >= 0.6 is 11.6 Å². The molecule has 0 saturated heterocycles. The molecule has 1 N–H and O–H groups in total. The van der Waals surface area contributed by atoms with Gasteiger partial charge in [0, 0.05) is 17.5 Å². The molecule has 0 aliphatic carbocycles. The van der Waals surface area contributed by atoms with Gasteiger partial charge in [-0.2, -0.15) is 0 Å². The van der Waals surface area contributed by atoms with Gasteiger partial charge in [0.05, 0.1) is 25.0 Å². The van der Waals surface area contributed by atoms with Crippen molar-refractivity contribution in [2.45, 2.75) is 18.7 Å². The van der Waals surface area contributed by atoms with Gasteiger partial charge in [-0.05, 0) is 0 Å². The summed E-state index contributed by atoms with van der Waals surface area (Å²) in [5.74, 6) is -0.901. The van der Waals surface area contributed by atoms with Crippen LogP contribution in [-0.4, -0.2) is 18.1 Å². The first-order valence-electron chi connectivity index (χ1n) is 4.65. The second-order valence-electron chi connectivity index (χ2n) is 3.22. The number of aromatic nitrogens is 1. The zero-order chi connectivity index (χ0) is 13.0. The van der Waals surface area contributed by atoms with Crippen LogP contribution < -0.4 is 5.43 Å². The molecule has 17 heavy (non-hydrogen) atoms. The molecule has 0 unspecified atom stereocenters. The molecule has 4 nitrogen and oxygen atoms in total. The van der Waals surface area contributed by atoms with E-state index in [9.17, 15) is 18.4 Å². The van der Waals surface area contributed by atoms with Crippen molar-refractivity contribution in [2.75, 3.05) is 7.11 Å². The number of pyridine rings is 1. The van der Waals surface area contributed by atoms with E-state index >= 15 is 0 Å². The Morgan fingerprint density at radius 3 is 2.71 bits per heavy atom. The molecule has 1 aromatic rings. The fourth-order valence-corrected chi connectivity index (χ4v) is 1.55. The summed E-state index contributed by atoms with van der Waals surface area (Å²) in [7, 11) is 1.15. The van der Waals surface area contributed by atoms with Crippen molar-refractivity contribution in [3.63, 3.8) is 0 Å². The minimum absolute atomic E-state index is 0.0414. The molecular formula is C10H10ClF2NO3. The summed E-state index contributed by atoms with van der Waals surface area (Å²) in [4.78, 5) is 25.1. The van der Waals surface area contributed by atoms with Crippen LogP contribution in [0.1, 0.15) is 23.2 Å². The number of halogens is 3. The molecule has 0 bridgehead atoms. The lowest BCUT2D eigenvalue weighted by atomic mass is 10.1. The van der Waals surface area contributed by atoms with Gasteiger partial charge in [-0.25, -0.2) is 8.78 Å². The average molecular weight is 266 g/mol. The first-order valence-corrected chi connectivity index (χ1v) is 5.19. The zero-order valence-electron chi connectivity index (χ0n) is 8.93. The molecule has 94 valence electrons. The number of esters is 1. The number of methoxy groups -OCH3 is 1. The van der Waals surface area contributed by atoms with Gasteiger partial charge in [-0.15, -0.1) is 11.6 Å². The fraction of sp³-hybridized carbons (Fsp3) is 0.400. The highest BCUT2D eigenvalue weighted by Gasteiger charge is 2.20. The van der Waals surface area contributed by atoms with Crippen molar-refractivity contribution in [3.05, 3.63) is 33.2 Å². The normalized spacial score (nSPS) is 10.6. The van der Waals surface area contributed by atoms with E-state index < -0.39 is 23.4 Å². The predicted molar refractivity (Wildman–Crippen MR) is 57.3 cm³/mol. The van der Waals surface area contributed by atoms with Crippen molar-refractivity contribution in [1.82, 2.24) is 4.98 Å². The number of carbonyl (C=O) groups excluding carboxylic acids is 1. The number of carbonyl (C=O) groups is 1. The van der Waals surface area contributed by atoms with Gasteiger partial charge in [0.2, 0.25) is 0 Å². The topological polar surface area (TPSA) is 59.2 Å². The second-order valence-corrected chi connectivity index (χ2v) is 3.49. The molecule has 0 amide bonds. The Bertz CT molecular complexity index is 473. The molecule has 1 aromatic heterocycles. The number of ether oxygens (including phenoxy) is 1. The first kappa shape index (κ1) is 13.6. The summed E-state index contributed by atoms with van der Waals surface area (Å²) < 4.78 is 29.7. The lowest BCUT2D eigenvalue weighted by molar-refractivity contribution is -0.139.